The first-order valence-electron chi connectivity index (χ1n) is 7.15. The van der Waals surface area contributed by atoms with Gasteiger partial charge in [0.05, 0.1) is 5.71 Å². The zero-order valence-electron chi connectivity index (χ0n) is 12.0. The first kappa shape index (κ1) is 14.0. The van der Waals surface area contributed by atoms with E-state index < -0.39 is 11.6 Å². The summed E-state index contributed by atoms with van der Waals surface area (Å²) in [6.45, 7) is 0. The van der Waals surface area contributed by atoms with E-state index in [9.17, 15) is 9.90 Å². The molecule has 1 aliphatic carbocycles. The van der Waals surface area contributed by atoms with E-state index in [1.165, 1.54) is 5.01 Å². The van der Waals surface area contributed by atoms with Crippen LogP contribution in [0, 0.1) is 5.92 Å². The molecule has 5 nitrogen and oxygen atoms in total. The van der Waals surface area contributed by atoms with Gasteiger partial charge in [-0.25, -0.2) is 5.01 Å². The number of fused-ring (bicyclic) bond motifs is 3. The minimum Gasteiger partial charge on any atom is -0.375 e. The molecule has 0 aromatic heterocycles. The number of rotatable bonds is 1. The van der Waals surface area contributed by atoms with Gasteiger partial charge in [-0.2, -0.15) is 5.10 Å². The number of nitrogens with two attached hydrogens (primary N) is 1. The van der Waals surface area contributed by atoms with Gasteiger partial charge in [-0.3, -0.25) is 4.79 Å². The van der Waals surface area contributed by atoms with Gasteiger partial charge in [-0.1, -0.05) is 54.6 Å². The number of thiocarbonyl (C=S) groups is 1. The largest absolute Gasteiger partial charge is 0.375 e. The van der Waals surface area contributed by atoms with Crippen molar-refractivity contribution in [2.24, 2.45) is 16.8 Å². The first-order valence-corrected chi connectivity index (χ1v) is 7.55. The minimum absolute atomic E-state index is 0.0760. The maximum absolute atomic E-state index is 12.9. The van der Waals surface area contributed by atoms with Gasteiger partial charge < -0.3 is 10.8 Å². The second kappa shape index (κ2) is 4.71. The van der Waals surface area contributed by atoms with Gasteiger partial charge in [0.15, 0.2) is 10.9 Å². The fourth-order valence-electron chi connectivity index (χ4n) is 3.36. The van der Waals surface area contributed by atoms with E-state index in [4.69, 9.17) is 18.0 Å². The van der Waals surface area contributed by atoms with Crippen molar-refractivity contribution >= 4 is 28.8 Å². The number of nitrogens with zero attached hydrogens (tertiary/aromatic N) is 2. The van der Waals surface area contributed by atoms with Crippen LogP contribution in [0.25, 0.3) is 0 Å². The highest BCUT2D eigenvalue weighted by Crippen LogP contribution is 2.49. The number of hydrogen-bond acceptors (Lipinski definition) is 4. The molecule has 2 aliphatic rings. The molecular weight excluding hydrogens is 310 g/mol. The molecule has 23 heavy (non-hydrogen) atoms. The molecule has 0 saturated carbocycles. The van der Waals surface area contributed by atoms with Crippen LogP contribution in [-0.4, -0.2) is 26.7 Å². The predicted octanol–water partition coefficient (Wildman–Crippen LogP) is 1.61. The summed E-state index contributed by atoms with van der Waals surface area (Å²) in [5, 5.41) is 16.8. The summed E-state index contributed by atoms with van der Waals surface area (Å²) in [6.07, 6.45) is 0. The first-order chi connectivity index (χ1) is 11.0. The molecule has 4 rings (SSSR count). The zero-order chi connectivity index (χ0) is 16.2. The fraction of sp³-hybridized carbons (Fsp3) is 0.118. The number of benzene rings is 2. The third kappa shape index (κ3) is 1.73. The van der Waals surface area contributed by atoms with Crippen LogP contribution in [0.15, 0.2) is 59.7 Å². The van der Waals surface area contributed by atoms with E-state index in [1.807, 2.05) is 30.3 Å². The van der Waals surface area contributed by atoms with E-state index >= 15 is 0 Å². The Bertz CT molecular complexity index is 865. The monoisotopic (exact) mass is 323 g/mol. The average Bonchev–Trinajstić information content (AvgIpc) is 3.00. The molecule has 114 valence electrons. The van der Waals surface area contributed by atoms with Crippen LogP contribution in [0.5, 0.6) is 0 Å². The van der Waals surface area contributed by atoms with Crippen molar-refractivity contribution < 1.29 is 9.90 Å². The quantitative estimate of drug-likeness (QED) is 0.780. The molecular formula is C17H13N3O2S. The highest BCUT2D eigenvalue weighted by Gasteiger charge is 2.61. The average molecular weight is 323 g/mol. The summed E-state index contributed by atoms with van der Waals surface area (Å²) >= 11 is 5.05. The second-order valence-electron chi connectivity index (χ2n) is 5.57. The highest BCUT2D eigenvalue weighted by atomic mass is 32.1. The molecule has 0 unspecified atom stereocenters. The number of aliphatic hydroxyl groups is 1. The normalized spacial score (nSPS) is 25.1. The SMILES string of the molecule is NC(=S)N1N=C(c2ccccc2)[C@H]2C(=O)c3ccccc3[C@]21O. The molecule has 0 saturated heterocycles. The van der Waals surface area contributed by atoms with Gasteiger partial charge in [-0.15, -0.1) is 0 Å². The Morgan fingerprint density at radius 1 is 1.17 bits per heavy atom. The van der Waals surface area contributed by atoms with Crippen molar-refractivity contribution in [2.45, 2.75) is 5.72 Å². The van der Waals surface area contributed by atoms with E-state index in [2.05, 4.69) is 5.10 Å². The summed E-state index contributed by atoms with van der Waals surface area (Å²) < 4.78 is 0. The number of carbonyl (C=O) groups is 1. The van der Waals surface area contributed by atoms with E-state index in [0.29, 0.717) is 16.8 Å². The Morgan fingerprint density at radius 2 is 1.83 bits per heavy atom. The second-order valence-corrected chi connectivity index (χ2v) is 5.99. The maximum atomic E-state index is 12.9. The molecule has 2 atom stereocenters. The Kier molecular flexibility index (Phi) is 2.88. The predicted molar refractivity (Wildman–Crippen MR) is 89.8 cm³/mol. The van der Waals surface area contributed by atoms with Crippen LogP contribution in [0.2, 0.25) is 0 Å². The van der Waals surface area contributed by atoms with Crippen LogP contribution < -0.4 is 5.73 Å². The summed E-state index contributed by atoms with van der Waals surface area (Å²) in [5.41, 5.74) is 6.29. The topological polar surface area (TPSA) is 78.9 Å². The lowest BCUT2D eigenvalue weighted by atomic mass is 9.88. The molecule has 2 aromatic carbocycles. The third-order valence-corrected chi connectivity index (χ3v) is 4.51. The summed E-state index contributed by atoms with van der Waals surface area (Å²) in [4.78, 5) is 12.9. The lowest BCUT2D eigenvalue weighted by Crippen LogP contribution is -2.49. The highest BCUT2D eigenvalue weighted by molar-refractivity contribution is 7.80. The standard InChI is InChI=1S/C17H13N3O2S/c18-16(23)20-17(22)12-9-5-4-8-11(12)15(21)13(17)14(19-20)10-6-2-1-3-7-10/h1-9,13,22H,(H2,18,23)/t13-,17-/m0/s1. The smallest absolute Gasteiger partial charge is 0.203 e. The van der Waals surface area contributed by atoms with Crippen molar-refractivity contribution in [3.8, 4) is 0 Å². The third-order valence-electron chi connectivity index (χ3n) is 4.34. The Hall–Kier alpha value is -2.57. The van der Waals surface area contributed by atoms with Gasteiger partial charge in [0.1, 0.15) is 5.92 Å². The number of carbonyl (C=O) groups excluding carboxylic acids is 1. The molecule has 0 bridgehead atoms. The Balaban J connectivity index is 1.96. The van der Waals surface area contributed by atoms with Crippen LogP contribution in [0.3, 0.4) is 0 Å². The van der Waals surface area contributed by atoms with Crippen molar-refractivity contribution in [3.63, 3.8) is 0 Å². The van der Waals surface area contributed by atoms with E-state index in [-0.39, 0.29) is 10.9 Å². The molecule has 0 fully saturated rings. The number of ketones is 1. The molecule has 0 amide bonds. The van der Waals surface area contributed by atoms with Gasteiger partial charge in [0.25, 0.3) is 0 Å². The van der Waals surface area contributed by atoms with Crippen LogP contribution in [0.1, 0.15) is 21.5 Å². The number of Topliss-reactive ketones (excluding diaryl/α,β-unsaturated/α-hetero) is 1. The fourth-order valence-corrected chi connectivity index (χ4v) is 3.54. The maximum Gasteiger partial charge on any atom is 0.203 e. The van der Waals surface area contributed by atoms with Gasteiger partial charge in [0.2, 0.25) is 5.72 Å². The Labute approximate surface area is 138 Å². The summed E-state index contributed by atoms with van der Waals surface area (Å²) in [7, 11) is 0. The van der Waals surface area contributed by atoms with Crippen molar-refractivity contribution in [2.75, 3.05) is 0 Å². The molecule has 2 aromatic rings. The Morgan fingerprint density at radius 3 is 2.52 bits per heavy atom. The number of hydrazone groups is 1. The van der Waals surface area contributed by atoms with Gasteiger partial charge in [-0.05, 0) is 17.8 Å². The van der Waals surface area contributed by atoms with Crippen molar-refractivity contribution in [3.05, 3.63) is 71.3 Å². The van der Waals surface area contributed by atoms with Crippen LogP contribution >= 0.6 is 12.2 Å². The van der Waals surface area contributed by atoms with Crippen molar-refractivity contribution in [1.82, 2.24) is 5.01 Å². The van der Waals surface area contributed by atoms with Crippen LogP contribution in [-0.2, 0) is 5.72 Å². The molecule has 6 heteroatoms. The van der Waals surface area contributed by atoms with Crippen molar-refractivity contribution in [1.29, 1.82) is 0 Å². The van der Waals surface area contributed by atoms with E-state index in [1.54, 1.807) is 24.3 Å². The van der Waals surface area contributed by atoms with E-state index in [0.717, 1.165) is 5.56 Å². The lowest BCUT2D eigenvalue weighted by molar-refractivity contribution is -0.0730. The van der Waals surface area contributed by atoms with Gasteiger partial charge >= 0.3 is 0 Å². The molecule has 0 radical (unpaired) electrons. The van der Waals surface area contributed by atoms with Crippen LogP contribution in [0.4, 0.5) is 0 Å². The lowest BCUT2D eigenvalue weighted by Gasteiger charge is -2.31. The van der Waals surface area contributed by atoms with Gasteiger partial charge in [0, 0.05) is 11.1 Å². The molecule has 0 spiro atoms. The molecule has 1 aliphatic heterocycles. The summed E-state index contributed by atoms with van der Waals surface area (Å²) in [6, 6.07) is 16.2. The molecule has 3 N–H and O–H groups in total. The zero-order valence-corrected chi connectivity index (χ0v) is 12.8. The minimum atomic E-state index is -1.66. The summed E-state index contributed by atoms with van der Waals surface area (Å²) in [5.74, 6) is -1.02. The number of hydrogen-bond donors (Lipinski definition) is 2. The molecule has 1 heterocycles.